The molecule has 5 heteroatoms. The van der Waals surface area contributed by atoms with E-state index in [1.165, 1.54) is 6.92 Å². The van der Waals surface area contributed by atoms with Crippen molar-refractivity contribution in [2.45, 2.75) is 13.3 Å². The van der Waals surface area contributed by atoms with Crippen LogP contribution in [-0.4, -0.2) is 37.9 Å². The number of carbonyl (C=O) groups excluding carboxylic acids is 1. The molecule has 0 fully saturated rings. The highest BCUT2D eigenvalue weighted by Crippen LogP contribution is 2.31. The highest BCUT2D eigenvalue weighted by atomic mass is 79.9. The smallest absolute Gasteiger partial charge is 0.163 e. The van der Waals surface area contributed by atoms with Crippen LogP contribution in [-0.2, 0) is 0 Å². The number of halogens is 1. The molecule has 0 saturated heterocycles. The van der Waals surface area contributed by atoms with Crippen molar-refractivity contribution in [3.05, 3.63) is 22.2 Å². The molecule has 0 atom stereocenters. The number of rotatable bonds is 6. The Balaban J connectivity index is 2.77. The Morgan fingerprint density at radius 1 is 1.44 bits per heavy atom. The maximum absolute atomic E-state index is 11.5. The van der Waals surface area contributed by atoms with Gasteiger partial charge in [0, 0.05) is 11.0 Å². The normalized spacial score (nSPS) is 10.7. The molecule has 2 N–H and O–H groups in total. The van der Waals surface area contributed by atoms with Crippen LogP contribution in [0, 0.1) is 0 Å². The van der Waals surface area contributed by atoms with Crippen LogP contribution in [0.5, 0.6) is 5.75 Å². The molecule has 0 aliphatic carbocycles. The second kappa shape index (κ2) is 6.75. The zero-order valence-corrected chi connectivity index (χ0v) is 12.6. The lowest BCUT2D eigenvalue weighted by molar-refractivity contribution is 0.101. The number of ketones is 1. The standard InChI is InChI=1S/C13H19BrN2O2/c1-9(17)11-7-10(14)8-12(15)13(11)18-6-4-5-16(2)3/h7-8H,4-6,15H2,1-3H3. The first kappa shape index (κ1) is 15.0. The Morgan fingerprint density at radius 3 is 2.67 bits per heavy atom. The van der Waals surface area contributed by atoms with E-state index < -0.39 is 0 Å². The van der Waals surface area contributed by atoms with E-state index in [1.54, 1.807) is 12.1 Å². The molecule has 0 spiro atoms. The van der Waals surface area contributed by atoms with Crippen LogP contribution >= 0.6 is 15.9 Å². The SMILES string of the molecule is CC(=O)c1cc(Br)cc(N)c1OCCCN(C)C. The Morgan fingerprint density at radius 2 is 2.11 bits per heavy atom. The molecule has 18 heavy (non-hydrogen) atoms. The predicted molar refractivity (Wildman–Crippen MR) is 77.2 cm³/mol. The topological polar surface area (TPSA) is 55.6 Å². The molecule has 0 bridgehead atoms. The lowest BCUT2D eigenvalue weighted by Gasteiger charge is -2.14. The van der Waals surface area contributed by atoms with E-state index in [0.29, 0.717) is 23.6 Å². The van der Waals surface area contributed by atoms with Crippen LogP contribution in [0.25, 0.3) is 0 Å². The first-order chi connectivity index (χ1) is 8.41. The Kier molecular flexibility index (Phi) is 5.62. The van der Waals surface area contributed by atoms with E-state index in [4.69, 9.17) is 10.5 Å². The third-order valence-corrected chi connectivity index (χ3v) is 2.92. The highest BCUT2D eigenvalue weighted by molar-refractivity contribution is 9.10. The van der Waals surface area contributed by atoms with Gasteiger partial charge in [0.1, 0.15) is 0 Å². The van der Waals surface area contributed by atoms with Crippen LogP contribution in [0.15, 0.2) is 16.6 Å². The number of Topliss-reactive ketones (excluding diaryl/α,β-unsaturated/α-hetero) is 1. The molecule has 0 unspecified atom stereocenters. The van der Waals surface area contributed by atoms with Gasteiger partial charge in [-0.3, -0.25) is 4.79 Å². The molecule has 1 aromatic rings. The van der Waals surface area contributed by atoms with Crippen LogP contribution < -0.4 is 10.5 Å². The minimum absolute atomic E-state index is 0.0504. The third kappa shape index (κ3) is 4.31. The van der Waals surface area contributed by atoms with E-state index >= 15 is 0 Å². The van der Waals surface area contributed by atoms with Gasteiger partial charge in [0.05, 0.1) is 17.9 Å². The zero-order valence-electron chi connectivity index (χ0n) is 11.0. The molecule has 1 rings (SSSR count). The number of anilines is 1. The van der Waals surface area contributed by atoms with E-state index in [-0.39, 0.29) is 5.78 Å². The van der Waals surface area contributed by atoms with Crippen molar-refractivity contribution in [1.29, 1.82) is 0 Å². The van der Waals surface area contributed by atoms with Gasteiger partial charge in [0.15, 0.2) is 11.5 Å². The van der Waals surface area contributed by atoms with Gasteiger partial charge < -0.3 is 15.4 Å². The van der Waals surface area contributed by atoms with Gasteiger partial charge in [-0.05, 0) is 39.6 Å². The summed E-state index contributed by atoms with van der Waals surface area (Å²) in [7, 11) is 4.02. The number of nitrogens with two attached hydrogens (primary N) is 1. The summed E-state index contributed by atoms with van der Waals surface area (Å²) in [6.45, 7) is 2.99. The number of benzene rings is 1. The van der Waals surface area contributed by atoms with Gasteiger partial charge >= 0.3 is 0 Å². The van der Waals surface area contributed by atoms with Crippen LogP contribution in [0.1, 0.15) is 23.7 Å². The summed E-state index contributed by atoms with van der Waals surface area (Å²) in [6, 6.07) is 3.48. The van der Waals surface area contributed by atoms with Crippen molar-refractivity contribution >= 4 is 27.4 Å². The number of hydrogen-bond acceptors (Lipinski definition) is 4. The summed E-state index contributed by atoms with van der Waals surface area (Å²) in [5.41, 5.74) is 6.89. The van der Waals surface area contributed by atoms with Crippen molar-refractivity contribution in [3.8, 4) is 5.75 Å². The maximum Gasteiger partial charge on any atom is 0.163 e. The monoisotopic (exact) mass is 314 g/mol. The van der Waals surface area contributed by atoms with E-state index in [0.717, 1.165) is 17.4 Å². The minimum Gasteiger partial charge on any atom is -0.491 e. The van der Waals surface area contributed by atoms with Crippen LogP contribution in [0.2, 0.25) is 0 Å². The summed E-state index contributed by atoms with van der Waals surface area (Å²) >= 11 is 3.32. The molecular weight excluding hydrogens is 296 g/mol. The summed E-state index contributed by atoms with van der Waals surface area (Å²) in [4.78, 5) is 13.6. The number of ether oxygens (including phenoxy) is 1. The van der Waals surface area contributed by atoms with Crippen LogP contribution in [0.3, 0.4) is 0 Å². The van der Waals surface area contributed by atoms with E-state index in [1.807, 2.05) is 14.1 Å². The fourth-order valence-electron chi connectivity index (χ4n) is 1.59. The average molecular weight is 315 g/mol. The first-order valence-electron chi connectivity index (χ1n) is 5.79. The van der Waals surface area contributed by atoms with Crippen LogP contribution in [0.4, 0.5) is 5.69 Å². The lowest BCUT2D eigenvalue weighted by atomic mass is 10.1. The molecule has 0 aromatic heterocycles. The number of nitrogens with zero attached hydrogens (tertiary/aromatic N) is 1. The molecular formula is C13H19BrN2O2. The third-order valence-electron chi connectivity index (χ3n) is 2.46. The molecule has 0 saturated carbocycles. The Hall–Kier alpha value is -1.07. The average Bonchev–Trinajstić information content (AvgIpc) is 2.25. The van der Waals surface area contributed by atoms with E-state index in [9.17, 15) is 4.79 Å². The molecule has 0 aliphatic heterocycles. The van der Waals surface area contributed by atoms with Gasteiger partial charge in [-0.1, -0.05) is 15.9 Å². The van der Waals surface area contributed by atoms with Gasteiger partial charge in [-0.15, -0.1) is 0 Å². The lowest BCUT2D eigenvalue weighted by Crippen LogP contribution is -2.16. The Labute approximate surface area is 116 Å². The van der Waals surface area contributed by atoms with Crippen molar-refractivity contribution in [1.82, 2.24) is 4.90 Å². The van der Waals surface area contributed by atoms with Crippen molar-refractivity contribution in [2.75, 3.05) is 33.0 Å². The molecule has 0 aliphatic rings. The molecule has 0 amide bonds. The largest absolute Gasteiger partial charge is 0.491 e. The fourth-order valence-corrected chi connectivity index (χ4v) is 2.07. The molecule has 100 valence electrons. The van der Waals surface area contributed by atoms with Gasteiger partial charge in [-0.2, -0.15) is 0 Å². The summed E-state index contributed by atoms with van der Waals surface area (Å²) < 4.78 is 6.42. The van der Waals surface area contributed by atoms with Crippen molar-refractivity contribution in [3.63, 3.8) is 0 Å². The fraction of sp³-hybridized carbons (Fsp3) is 0.462. The predicted octanol–water partition coefficient (Wildman–Crippen LogP) is 2.56. The van der Waals surface area contributed by atoms with E-state index in [2.05, 4.69) is 20.8 Å². The van der Waals surface area contributed by atoms with Crippen molar-refractivity contribution < 1.29 is 9.53 Å². The number of hydrogen-bond donors (Lipinski definition) is 1. The van der Waals surface area contributed by atoms with Gasteiger partial charge in [0.2, 0.25) is 0 Å². The second-order valence-electron chi connectivity index (χ2n) is 4.43. The first-order valence-corrected chi connectivity index (χ1v) is 6.58. The second-order valence-corrected chi connectivity index (χ2v) is 5.35. The van der Waals surface area contributed by atoms with Gasteiger partial charge in [-0.25, -0.2) is 0 Å². The van der Waals surface area contributed by atoms with Crippen molar-refractivity contribution in [2.24, 2.45) is 0 Å². The molecule has 0 heterocycles. The highest BCUT2D eigenvalue weighted by Gasteiger charge is 2.13. The Bertz CT molecular complexity index is 433. The zero-order chi connectivity index (χ0) is 13.7. The number of nitrogen functional groups attached to an aromatic ring is 1. The molecule has 1 aromatic carbocycles. The quantitative estimate of drug-likeness (QED) is 0.498. The molecule has 4 nitrogen and oxygen atoms in total. The molecule has 0 radical (unpaired) electrons. The summed E-state index contributed by atoms with van der Waals surface area (Å²) in [6.07, 6.45) is 0.889. The van der Waals surface area contributed by atoms with Gasteiger partial charge in [0.25, 0.3) is 0 Å². The minimum atomic E-state index is -0.0504. The number of carbonyl (C=O) groups is 1. The summed E-state index contributed by atoms with van der Waals surface area (Å²) in [5.74, 6) is 0.440. The maximum atomic E-state index is 11.5. The summed E-state index contributed by atoms with van der Waals surface area (Å²) in [5, 5.41) is 0.